The number of methoxy groups -OCH3 is 1. The fourth-order valence-electron chi connectivity index (χ4n) is 2.59. The van der Waals surface area contributed by atoms with Crippen LogP contribution in [0.2, 0.25) is 5.02 Å². The number of benzene rings is 1. The minimum Gasteiger partial charge on any atom is -0.493 e. The lowest BCUT2D eigenvalue weighted by Crippen LogP contribution is -2.19. The number of fused-ring (bicyclic) bond motifs is 1. The van der Waals surface area contributed by atoms with E-state index in [0.717, 1.165) is 30.0 Å². The van der Waals surface area contributed by atoms with E-state index in [-0.39, 0.29) is 6.04 Å². The molecular weight excluding hydrogens is 290 g/mol. The van der Waals surface area contributed by atoms with Crippen molar-refractivity contribution in [3.05, 3.63) is 46.2 Å². The van der Waals surface area contributed by atoms with Crippen LogP contribution in [0.3, 0.4) is 0 Å². The number of hydrogen-bond acceptors (Lipinski definition) is 4. The van der Waals surface area contributed by atoms with Gasteiger partial charge in [-0.15, -0.1) is 0 Å². The third-order valence-corrected chi connectivity index (χ3v) is 4.00. The third-order valence-electron chi connectivity index (χ3n) is 3.71. The number of aromatic nitrogens is 2. The Morgan fingerprint density at radius 1 is 1.52 bits per heavy atom. The van der Waals surface area contributed by atoms with Gasteiger partial charge in [-0.25, -0.2) is 0 Å². The van der Waals surface area contributed by atoms with Crippen LogP contribution in [0, 0.1) is 0 Å². The lowest BCUT2D eigenvalue weighted by molar-refractivity contribution is 0.182. The molecule has 5 nitrogen and oxygen atoms in total. The predicted molar refractivity (Wildman–Crippen MR) is 80.8 cm³/mol. The first-order chi connectivity index (χ1) is 10.2. The van der Waals surface area contributed by atoms with Crippen LogP contribution in [0.25, 0.3) is 0 Å². The molecule has 3 rings (SSSR count). The summed E-state index contributed by atoms with van der Waals surface area (Å²) < 4.78 is 12.4. The van der Waals surface area contributed by atoms with Gasteiger partial charge >= 0.3 is 0 Å². The van der Waals surface area contributed by atoms with Crippen molar-refractivity contribution in [1.82, 2.24) is 9.78 Å². The van der Waals surface area contributed by atoms with Crippen molar-refractivity contribution in [2.24, 2.45) is 5.73 Å². The van der Waals surface area contributed by atoms with Crippen LogP contribution in [0.5, 0.6) is 5.75 Å². The van der Waals surface area contributed by atoms with E-state index in [1.807, 2.05) is 12.1 Å². The molecule has 1 aromatic heterocycles. The molecule has 0 amide bonds. The molecule has 2 heterocycles. The molecule has 1 aliphatic rings. The average molecular weight is 308 g/mol. The molecule has 0 saturated carbocycles. The summed E-state index contributed by atoms with van der Waals surface area (Å²) >= 11 is 6.26. The van der Waals surface area contributed by atoms with E-state index in [9.17, 15) is 0 Å². The molecule has 2 aromatic rings. The molecule has 112 valence electrons. The van der Waals surface area contributed by atoms with Gasteiger partial charge in [-0.3, -0.25) is 4.68 Å². The second kappa shape index (κ2) is 6.05. The van der Waals surface area contributed by atoms with Gasteiger partial charge in [-0.2, -0.15) is 5.10 Å². The lowest BCUT2D eigenvalue weighted by Gasteiger charge is -2.16. The van der Waals surface area contributed by atoms with E-state index in [2.05, 4.69) is 11.2 Å². The minimum absolute atomic E-state index is 0.317. The molecule has 0 radical (unpaired) electrons. The summed E-state index contributed by atoms with van der Waals surface area (Å²) in [6.45, 7) is 1.93. The van der Waals surface area contributed by atoms with E-state index in [1.165, 1.54) is 5.56 Å². The van der Waals surface area contributed by atoms with Crippen LogP contribution in [0.15, 0.2) is 24.4 Å². The van der Waals surface area contributed by atoms with Gasteiger partial charge in [0.2, 0.25) is 0 Å². The average Bonchev–Trinajstić information content (AvgIpc) is 3.10. The molecule has 6 heteroatoms. The molecule has 0 saturated heterocycles. The van der Waals surface area contributed by atoms with Crippen molar-refractivity contribution >= 4 is 11.6 Å². The van der Waals surface area contributed by atoms with Crippen molar-refractivity contribution in [2.75, 3.05) is 20.3 Å². The summed E-state index contributed by atoms with van der Waals surface area (Å²) in [6.07, 6.45) is 2.55. The second-order valence-electron chi connectivity index (χ2n) is 5.04. The van der Waals surface area contributed by atoms with Gasteiger partial charge in [0.1, 0.15) is 5.75 Å². The lowest BCUT2D eigenvalue weighted by atomic mass is 10.0. The molecule has 1 aliphatic heterocycles. The normalized spacial score (nSPS) is 14.8. The van der Waals surface area contributed by atoms with E-state index >= 15 is 0 Å². The van der Waals surface area contributed by atoms with Crippen LogP contribution >= 0.6 is 11.6 Å². The summed E-state index contributed by atoms with van der Waals surface area (Å²) in [5, 5.41) is 4.85. The number of nitrogens with zero attached hydrogens (tertiary/aromatic N) is 2. The van der Waals surface area contributed by atoms with Crippen molar-refractivity contribution < 1.29 is 9.47 Å². The smallest absolute Gasteiger partial charge is 0.122 e. The SMILES string of the molecule is COCCn1ncc(Cl)c1C(N)c1ccc2c(c1)CCO2. The summed E-state index contributed by atoms with van der Waals surface area (Å²) in [5.74, 6) is 0.949. The van der Waals surface area contributed by atoms with E-state index in [1.54, 1.807) is 18.0 Å². The zero-order valence-electron chi connectivity index (χ0n) is 11.9. The third kappa shape index (κ3) is 2.77. The number of halogens is 1. The Bertz CT molecular complexity index is 642. The number of rotatable bonds is 5. The van der Waals surface area contributed by atoms with Crippen LogP contribution in [0.4, 0.5) is 0 Å². The Balaban J connectivity index is 1.91. The maximum Gasteiger partial charge on any atom is 0.122 e. The maximum absolute atomic E-state index is 6.40. The monoisotopic (exact) mass is 307 g/mol. The highest BCUT2D eigenvalue weighted by molar-refractivity contribution is 6.31. The number of ether oxygens (including phenoxy) is 2. The number of hydrogen-bond donors (Lipinski definition) is 1. The Morgan fingerprint density at radius 2 is 2.38 bits per heavy atom. The summed E-state index contributed by atoms with van der Waals surface area (Å²) in [6, 6.07) is 5.74. The minimum atomic E-state index is -0.317. The van der Waals surface area contributed by atoms with Crippen molar-refractivity contribution in [3.8, 4) is 5.75 Å². The van der Waals surface area contributed by atoms with Gasteiger partial charge in [0.05, 0.1) is 42.7 Å². The van der Waals surface area contributed by atoms with Gasteiger partial charge in [0, 0.05) is 13.5 Å². The van der Waals surface area contributed by atoms with Crippen molar-refractivity contribution in [2.45, 2.75) is 19.0 Å². The molecule has 1 aromatic carbocycles. The first-order valence-corrected chi connectivity index (χ1v) is 7.30. The Hall–Kier alpha value is -1.56. The second-order valence-corrected chi connectivity index (χ2v) is 5.44. The first kappa shape index (κ1) is 14.4. The van der Waals surface area contributed by atoms with E-state index in [4.69, 9.17) is 26.8 Å². The highest BCUT2D eigenvalue weighted by atomic mass is 35.5. The van der Waals surface area contributed by atoms with Gasteiger partial charge in [-0.05, 0) is 17.2 Å². The zero-order chi connectivity index (χ0) is 14.8. The molecule has 1 atom stereocenters. The van der Waals surface area contributed by atoms with Gasteiger partial charge in [0.15, 0.2) is 0 Å². The zero-order valence-corrected chi connectivity index (χ0v) is 12.6. The molecule has 2 N–H and O–H groups in total. The molecule has 21 heavy (non-hydrogen) atoms. The van der Waals surface area contributed by atoms with Crippen LogP contribution in [-0.4, -0.2) is 30.1 Å². The van der Waals surface area contributed by atoms with Crippen molar-refractivity contribution in [1.29, 1.82) is 0 Å². The highest BCUT2D eigenvalue weighted by Crippen LogP contribution is 2.31. The standard InChI is InChI=1S/C15H18ClN3O2/c1-20-7-5-19-15(12(16)9-18-19)14(17)11-2-3-13-10(8-11)4-6-21-13/h2-3,8-9,14H,4-7,17H2,1H3. The molecule has 1 unspecified atom stereocenters. The Labute approximate surface area is 128 Å². The maximum atomic E-state index is 6.40. The Morgan fingerprint density at radius 3 is 3.19 bits per heavy atom. The summed E-state index contributed by atoms with van der Waals surface area (Å²) in [5.41, 5.74) is 9.42. The fourth-order valence-corrected chi connectivity index (χ4v) is 2.85. The molecule has 0 spiro atoms. The van der Waals surface area contributed by atoms with Gasteiger partial charge in [0.25, 0.3) is 0 Å². The molecular formula is C15H18ClN3O2. The number of nitrogens with two attached hydrogens (primary N) is 1. The highest BCUT2D eigenvalue weighted by Gasteiger charge is 2.21. The van der Waals surface area contributed by atoms with Crippen LogP contribution in [0.1, 0.15) is 22.9 Å². The predicted octanol–water partition coefficient (Wildman–Crippen LogP) is 2.17. The molecule has 0 aliphatic carbocycles. The van der Waals surface area contributed by atoms with Gasteiger partial charge in [-0.1, -0.05) is 23.7 Å². The molecule has 0 bridgehead atoms. The Kier molecular flexibility index (Phi) is 4.14. The fraction of sp³-hybridized carbons (Fsp3) is 0.400. The quantitative estimate of drug-likeness (QED) is 0.919. The van der Waals surface area contributed by atoms with E-state index in [0.29, 0.717) is 18.2 Å². The first-order valence-electron chi connectivity index (χ1n) is 6.92. The molecule has 0 fully saturated rings. The topological polar surface area (TPSA) is 62.3 Å². The largest absolute Gasteiger partial charge is 0.493 e. The van der Waals surface area contributed by atoms with Crippen LogP contribution in [-0.2, 0) is 17.7 Å². The van der Waals surface area contributed by atoms with Crippen molar-refractivity contribution in [3.63, 3.8) is 0 Å². The van der Waals surface area contributed by atoms with E-state index < -0.39 is 0 Å². The summed E-state index contributed by atoms with van der Waals surface area (Å²) in [7, 11) is 1.66. The van der Waals surface area contributed by atoms with Gasteiger partial charge < -0.3 is 15.2 Å². The summed E-state index contributed by atoms with van der Waals surface area (Å²) in [4.78, 5) is 0. The van der Waals surface area contributed by atoms with Crippen LogP contribution < -0.4 is 10.5 Å².